The third-order valence-corrected chi connectivity index (χ3v) is 9.83. The van der Waals surface area contributed by atoms with E-state index in [9.17, 15) is 9.59 Å². The first-order valence-corrected chi connectivity index (χ1v) is 14.9. The zero-order valence-electron chi connectivity index (χ0n) is 22.2. The van der Waals surface area contributed by atoms with Gasteiger partial charge in [0, 0.05) is 31.7 Å². The summed E-state index contributed by atoms with van der Waals surface area (Å²) in [7, 11) is 1.69. The minimum Gasteiger partial charge on any atom is -0.454 e. The molecule has 2 amide bonds. The molecule has 4 fully saturated rings. The average molecular weight is 539 g/mol. The van der Waals surface area contributed by atoms with Gasteiger partial charge in [0.05, 0.1) is 18.5 Å². The third-order valence-electron chi connectivity index (χ3n) is 8.97. The largest absolute Gasteiger partial charge is 0.454 e. The molecule has 1 aliphatic heterocycles. The van der Waals surface area contributed by atoms with Gasteiger partial charge in [0.1, 0.15) is 0 Å². The van der Waals surface area contributed by atoms with Crippen LogP contribution in [0.15, 0.2) is 35.7 Å². The third kappa shape index (κ3) is 5.30. The molecule has 4 saturated carbocycles. The van der Waals surface area contributed by atoms with E-state index in [0.29, 0.717) is 49.7 Å². The Labute approximate surface area is 229 Å². The second kappa shape index (κ2) is 10.9. The molecule has 7 nitrogen and oxygen atoms in total. The predicted molar refractivity (Wildman–Crippen MR) is 145 cm³/mol. The Hall–Kier alpha value is -2.58. The van der Waals surface area contributed by atoms with Gasteiger partial charge in [0.2, 0.25) is 18.6 Å². The zero-order chi connectivity index (χ0) is 26.1. The predicted octanol–water partition coefficient (Wildman–Crippen LogP) is 5.09. The van der Waals surface area contributed by atoms with Gasteiger partial charge in [-0.2, -0.15) is 0 Å². The molecule has 4 bridgehead atoms. The fraction of sp³-hybridized carbons (Fsp3) is 0.600. The molecule has 0 unspecified atom stereocenters. The Morgan fingerprint density at radius 3 is 2.42 bits per heavy atom. The van der Waals surface area contributed by atoms with Gasteiger partial charge in [-0.05, 0) is 91.8 Å². The Kier molecular flexibility index (Phi) is 7.36. The van der Waals surface area contributed by atoms with Crippen molar-refractivity contribution in [3.63, 3.8) is 0 Å². The molecule has 7 rings (SSSR count). The quantitative estimate of drug-likeness (QED) is 0.373. The molecule has 0 N–H and O–H groups in total. The summed E-state index contributed by atoms with van der Waals surface area (Å²) in [6.07, 6.45) is 7.61. The summed E-state index contributed by atoms with van der Waals surface area (Å²) in [4.78, 5) is 33.0. The van der Waals surface area contributed by atoms with E-state index >= 15 is 0 Å². The minimum absolute atomic E-state index is 0.0217. The Balaban J connectivity index is 1.21. The van der Waals surface area contributed by atoms with Crippen molar-refractivity contribution in [1.29, 1.82) is 0 Å². The highest BCUT2D eigenvalue weighted by Gasteiger charge is 2.55. The lowest BCUT2D eigenvalue weighted by molar-refractivity contribution is -0.160. The summed E-state index contributed by atoms with van der Waals surface area (Å²) < 4.78 is 16.3. The number of carbonyl (C=O) groups is 2. The number of fused-ring (bicyclic) bond motifs is 1. The summed E-state index contributed by atoms with van der Waals surface area (Å²) in [6.45, 7) is 2.43. The molecule has 8 heteroatoms. The zero-order valence-corrected chi connectivity index (χ0v) is 23.0. The molecule has 1 aromatic heterocycles. The van der Waals surface area contributed by atoms with Gasteiger partial charge in [-0.3, -0.25) is 9.59 Å². The maximum Gasteiger partial charge on any atom is 0.242 e. The van der Waals surface area contributed by atoms with Crippen LogP contribution in [0.4, 0.5) is 0 Å². The topological polar surface area (TPSA) is 68.3 Å². The van der Waals surface area contributed by atoms with Gasteiger partial charge in [0.25, 0.3) is 0 Å². The smallest absolute Gasteiger partial charge is 0.242 e. The van der Waals surface area contributed by atoms with Gasteiger partial charge < -0.3 is 24.0 Å². The summed E-state index contributed by atoms with van der Waals surface area (Å²) in [6, 6.07) is 9.91. The minimum atomic E-state index is -0.266. The van der Waals surface area contributed by atoms with E-state index in [4.69, 9.17) is 14.2 Å². The number of hydrogen-bond donors (Lipinski definition) is 0. The van der Waals surface area contributed by atoms with Crippen molar-refractivity contribution in [2.24, 2.45) is 23.2 Å². The first kappa shape index (κ1) is 25.7. The normalized spacial score (nSPS) is 26.5. The van der Waals surface area contributed by atoms with E-state index in [1.807, 2.05) is 39.4 Å². The number of hydrogen-bond acceptors (Lipinski definition) is 6. The number of rotatable bonds is 11. The second-order valence-corrected chi connectivity index (χ2v) is 12.8. The first-order valence-electron chi connectivity index (χ1n) is 14.0. The highest BCUT2D eigenvalue weighted by Crippen LogP contribution is 2.60. The number of benzene rings is 1. The molecule has 5 aliphatic rings. The Morgan fingerprint density at radius 1 is 1.00 bits per heavy atom. The lowest BCUT2D eigenvalue weighted by Crippen LogP contribution is -2.56. The fourth-order valence-corrected chi connectivity index (χ4v) is 8.43. The van der Waals surface area contributed by atoms with Crippen molar-refractivity contribution in [3.8, 4) is 11.5 Å². The van der Waals surface area contributed by atoms with Crippen molar-refractivity contribution in [2.75, 3.05) is 33.6 Å². The van der Waals surface area contributed by atoms with Crippen LogP contribution in [0.5, 0.6) is 11.5 Å². The lowest BCUT2D eigenvalue weighted by Gasteiger charge is -2.56. The van der Waals surface area contributed by atoms with Crippen LogP contribution >= 0.6 is 11.3 Å². The van der Waals surface area contributed by atoms with Gasteiger partial charge >= 0.3 is 0 Å². The molecule has 2 aromatic rings. The molecule has 1 aromatic carbocycles. The highest BCUT2D eigenvalue weighted by molar-refractivity contribution is 7.09. The van der Waals surface area contributed by atoms with Crippen molar-refractivity contribution < 1.29 is 23.8 Å². The van der Waals surface area contributed by atoms with E-state index in [1.165, 1.54) is 19.3 Å². The van der Waals surface area contributed by atoms with Crippen LogP contribution in [0.25, 0.3) is 0 Å². The first-order chi connectivity index (χ1) is 18.5. The fourth-order valence-electron chi connectivity index (χ4n) is 7.71. The molecule has 2 heterocycles. The van der Waals surface area contributed by atoms with Crippen molar-refractivity contribution in [2.45, 2.75) is 58.0 Å². The number of amides is 2. The summed E-state index contributed by atoms with van der Waals surface area (Å²) in [5.74, 6) is 3.68. The van der Waals surface area contributed by atoms with Gasteiger partial charge in [-0.15, -0.1) is 11.3 Å². The van der Waals surface area contributed by atoms with Crippen LogP contribution in [0, 0.1) is 23.2 Å². The highest BCUT2D eigenvalue weighted by atomic mass is 32.1. The summed E-state index contributed by atoms with van der Waals surface area (Å²) in [5, 5.41) is 2.03. The molecule has 204 valence electrons. The second-order valence-electron chi connectivity index (χ2n) is 11.8. The number of methoxy groups -OCH3 is 1. The van der Waals surface area contributed by atoms with Crippen LogP contribution in [-0.4, -0.2) is 55.2 Å². The molecular formula is C30H38N2O5S. The van der Waals surface area contributed by atoms with E-state index in [1.54, 1.807) is 18.4 Å². The molecule has 0 atom stereocenters. The monoisotopic (exact) mass is 538 g/mol. The number of carbonyl (C=O) groups excluding carboxylic acids is 2. The molecule has 38 heavy (non-hydrogen) atoms. The SMILES string of the molecule is COCCCN(CC(=O)N(Cc1ccc2c(c1)OCO2)Cc1cccs1)C(=O)C12CC3CC(CC(C3)C1)C2. The van der Waals surface area contributed by atoms with Gasteiger partial charge in [0.15, 0.2) is 11.5 Å². The number of thiophene rings is 1. The van der Waals surface area contributed by atoms with E-state index < -0.39 is 0 Å². The summed E-state index contributed by atoms with van der Waals surface area (Å²) in [5.41, 5.74) is 0.718. The van der Waals surface area contributed by atoms with Gasteiger partial charge in [-0.25, -0.2) is 0 Å². The van der Waals surface area contributed by atoms with Crippen LogP contribution in [-0.2, 0) is 27.4 Å². The molecule has 0 saturated heterocycles. The summed E-state index contributed by atoms with van der Waals surface area (Å²) >= 11 is 1.64. The van der Waals surface area contributed by atoms with E-state index in [-0.39, 0.29) is 30.6 Å². The molecule has 4 aliphatic carbocycles. The Morgan fingerprint density at radius 2 is 1.74 bits per heavy atom. The van der Waals surface area contributed by atoms with Crippen LogP contribution in [0.1, 0.15) is 55.4 Å². The number of nitrogens with zero attached hydrogens (tertiary/aromatic N) is 2. The lowest BCUT2D eigenvalue weighted by atomic mass is 9.49. The standard InChI is InChI=1S/C30H38N2O5S/c1-35-8-3-7-31(29(34)30-14-22-10-23(15-30)12-24(11-22)16-30)19-28(33)32(18-25-4-2-9-38-25)17-21-5-6-26-27(13-21)37-20-36-26/h2,4-6,9,13,22-24H,3,7-8,10-12,14-20H2,1H3. The van der Waals surface area contributed by atoms with Crippen molar-refractivity contribution in [3.05, 3.63) is 46.2 Å². The van der Waals surface area contributed by atoms with Crippen molar-refractivity contribution >= 4 is 23.2 Å². The van der Waals surface area contributed by atoms with E-state index in [2.05, 4.69) is 6.07 Å². The van der Waals surface area contributed by atoms with E-state index in [0.717, 1.165) is 41.9 Å². The molecule has 0 spiro atoms. The van der Waals surface area contributed by atoms with Crippen molar-refractivity contribution in [1.82, 2.24) is 9.80 Å². The Bertz CT molecular complexity index is 1110. The molecule has 0 radical (unpaired) electrons. The van der Waals surface area contributed by atoms with Crippen LogP contribution in [0.3, 0.4) is 0 Å². The maximum absolute atomic E-state index is 14.2. The average Bonchev–Trinajstić information content (AvgIpc) is 3.58. The van der Waals surface area contributed by atoms with Crippen LogP contribution < -0.4 is 9.47 Å². The number of ether oxygens (including phenoxy) is 3. The van der Waals surface area contributed by atoms with Crippen LogP contribution in [0.2, 0.25) is 0 Å². The maximum atomic E-state index is 14.2. The van der Waals surface area contributed by atoms with Gasteiger partial charge in [-0.1, -0.05) is 12.1 Å². The molecular weight excluding hydrogens is 500 g/mol.